The van der Waals surface area contributed by atoms with Gasteiger partial charge in [-0.1, -0.05) is 17.7 Å². The summed E-state index contributed by atoms with van der Waals surface area (Å²) in [4.78, 5) is 0. The Morgan fingerprint density at radius 3 is 2.67 bits per heavy atom. The average molecular weight is 226 g/mol. The zero-order valence-corrected chi connectivity index (χ0v) is 8.94. The molecule has 1 aliphatic rings. The van der Waals surface area contributed by atoms with Gasteiger partial charge in [0.15, 0.2) is 0 Å². The molecule has 1 aromatic carbocycles. The minimum atomic E-state index is -1.49. The molecule has 1 aromatic rings. The number of benzene rings is 1. The van der Waals surface area contributed by atoms with Crippen LogP contribution in [0.3, 0.4) is 0 Å². The summed E-state index contributed by atoms with van der Waals surface area (Å²) in [5.74, 6) is 1.28. The fourth-order valence-corrected chi connectivity index (χ4v) is 1.53. The lowest BCUT2D eigenvalue weighted by molar-refractivity contribution is 0.300. The van der Waals surface area contributed by atoms with E-state index in [1.54, 1.807) is 12.1 Å². The minimum Gasteiger partial charge on any atom is -0.492 e. The van der Waals surface area contributed by atoms with Gasteiger partial charge in [0.05, 0.1) is 11.6 Å². The molecule has 0 aliphatic heterocycles. The smallest absolute Gasteiger partial charge is 0.488 e. The first kappa shape index (κ1) is 10.8. The molecule has 0 unspecified atom stereocenters. The molecule has 5 heteroatoms. The highest BCUT2D eigenvalue weighted by Crippen LogP contribution is 2.31. The van der Waals surface area contributed by atoms with E-state index in [1.165, 1.54) is 18.9 Å². The topological polar surface area (TPSA) is 49.7 Å². The predicted octanol–water partition coefficient (Wildman–Crippen LogP) is 0.809. The van der Waals surface area contributed by atoms with Crippen molar-refractivity contribution in [2.45, 2.75) is 12.8 Å². The molecule has 0 spiro atoms. The van der Waals surface area contributed by atoms with Crippen molar-refractivity contribution in [3.8, 4) is 5.75 Å². The van der Waals surface area contributed by atoms with Gasteiger partial charge in [-0.05, 0) is 36.4 Å². The molecule has 0 saturated heterocycles. The Morgan fingerprint density at radius 1 is 1.40 bits per heavy atom. The molecule has 0 atom stereocenters. The Labute approximate surface area is 93.8 Å². The molecule has 2 rings (SSSR count). The Bertz CT molecular complexity index is 353. The van der Waals surface area contributed by atoms with E-state index >= 15 is 0 Å². The van der Waals surface area contributed by atoms with Crippen LogP contribution in [0, 0.1) is 5.92 Å². The van der Waals surface area contributed by atoms with E-state index in [-0.39, 0.29) is 0 Å². The molecule has 1 fully saturated rings. The van der Waals surface area contributed by atoms with Crippen LogP contribution < -0.4 is 10.2 Å². The number of halogens is 1. The molecule has 3 nitrogen and oxygen atoms in total. The van der Waals surface area contributed by atoms with Gasteiger partial charge in [0.1, 0.15) is 5.75 Å². The van der Waals surface area contributed by atoms with Crippen molar-refractivity contribution >= 4 is 24.2 Å². The van der Waals surface area contributed by atoms with Gasteiger partial charge >= 0.3 is 7.12 Å². The molecular weight excluding hydrogens is 214 g/mol. The van der Waals surface area contributed by atoms with Crippen LogP contribution in [0.2, 0.25) is 5.02 Å². The Hall–Kier alpha value is -0.705. The zero-order chi connectivity index (χ0) is 10.8. The Balaban J connectivity index is 2.04. The molecular formula is C10H12BClO3. The van der Waals surface area contributed by atoms with E-state index in [1.807, 2.05) is 0 Å². The molecule has 80 valence electrons. The Morgan fingerprint density at radius 2 is 2.13 bits per heavy atom. The van der Waals surface area contributed by atoms with Gasteiger partial charge in [-0.25, -0.2) is 0 Å². The van der Waals surface area contributed by atoms with Crippen LogP contribution in [-0.4, -0.2) is 23.8 Å². The number of rotatable bonds is 4. The molecule has 0 amide bonds. The second-order valence-corrected chi connectivity index (χ2v) is 4.23. The van der Waals surface area contributed by atoms with Crippen molar-refractivity contribution in [2.75, 3.05) is 6.61 Å². The fourth-order valence-electron chi connectivity index (χ4n) is 1.29. The monoisotopic (exact) mass is 226 g/mol. The van der Waals surface area contributed by atoms with E-state index < -0.39 is 7.12 Å². The predicted molar refractivity (Wildman–Crippen MR) is 59.5 cm³/mol. The van der Waals surface area contributed by atoms with Crippen LogP contribution in [0.5, 0.6) is 5.75 Å². The van der Waals surface area contributed by atoms with Gasteiger partial charge in [-0.15, -0.1) is 0 Å². The van der Waals surface area contributed by atoms with Gasteiger partial charge in [-0.3, -0.25) is 0 Å². The third kappa shape index (κ3) is 2.87. The quantitative estimate of drug-likeness (QED) is 0.747. The van der Waals surface area contributed by atoms with Crippen LogP contribution in [0.25, 0.3) is 0 Å². The van der Waals surface area contributed by atoms with Crippen molar-refractivity contribution in [1.29, 1.82) is 0 Å². The van der Waals surface area contributed by atoms with Crippen molar-refractivity contribution in [3.05, 3.63) is 23.2 Å². The summed E-state index contributed by atoms with van der Waals surface area (Å²) in [5, 5.41) is 18.3. The molecule has 0 radical (unpaired) electrons. The molecule has 0 bridgehead atoms. The third-order valence-corrected chi connectivity index (χ3v) is 2.72. The molecule has 0 heterocycles. The second kappa shape index (κ2) is 4.43. The summed E-state index contributed by atoms with van der Waals surface area (Å²) in [6.07, 6.45) is 2.45. The number of hydrogen-bond donors (Lipinski definition) is 2. The summed E-state index contributed by atoms with van der Waals surface area (Å²) in [7, 11) is -1.49. The highest BCUT2D eigenvalue weighted by atomic mass is 35.5. The molecule has 0 aromatic heterocycles. The van der Waals surface area contributed by atoms with Crippen molar-refractivity contribution in [2.24, 2.45) is 5.92 Å². The summed E-state index contributed by atoms with van der Waals surface area (Å²) < 4.78 is 5.50. The van der Waals surface area contributed by atoms with Gasteiger partial charge < -0.3 is 14.8 Å². The van der Waals surface area contributed by atoms with Crippen LogP contribution in [-0.2, 0) is 0 Å². The third-order valence-electron chi connectivity index (χ3n) is 2.43. The Kier molecular flexibility index (Phi) is 3.19. The van der Waals surface area contributed by atoms with Gasteiger partial charge in [0, 0.05) is 0 Å². The zero-order valence-electron chi connectivity index (χ0n) is 8.19. The van der Waals surface area contributed by atoms with Crippen molar-refractivity contribution < 1.29 is 14.8 Å². The van der Waals surface area contributed by atoms with Crippen molar-refractivity contribution in [3.63, 3.8) is 0 Å². The normalized spacial score (nSPS) is 15.1. The molecule has 1 aliphatic carbocycles. The van der Waals surface area contributed by atoms with Crippen LogP contribution in [0.1, 0.15) is 12.8 Å². The van der Waals surface area contributed by atoms with Crippen LogP contribution in [0.15, 0.2) is 18.2 Å². The highest BCUT2D eigenvalue weighted by molar-refractivity contribution is 6.59. The number of ether oxygens (including phenoxy) is 1. The SMILES string of the molecule is OB(O)c1ccc(OCC2CC2)c(Cl)c1. The summed E-state index contributed by atoms with van der Waals surface area (Å²) in [6, 6.07) is 4.77. The van der Waals surface area contributed by atoms with E-state index in [9.17, 15) is 0 Å². The number of hydrogen-bond acceptors (Lipinski definition) is 3. The van der Waals surface area contributed by atoms with Gasteiger partial charge in [0.25, 0.3) is 0 Å². The maximum Gasteiger partial charge on any atom is 0.488 e. The van der Waals surface area contributed by atoms with E-state index in [4.69, 9.17) is 26.4 Å². The molecule has 2 N–H and O–H groups in total. The lowest BCUT2D eigenvalue weighted by Crippen LogP contribution is -2.29. The highest BCUT2D eigenvalue weighted by Gasteiger charge is 2.22. The first-order valence-electron chi connectivity index (χ1n) is 4.95. The summed E-state index contributed by atoms with van der Waals surface area (Å²) >= 11 is 5.93. The minimum absolute atomic E-state index is 0.374. The summed E-state index contributed by atoms with van der Waals surface area (Å²) in [5.41, 5.74) is 0.374. The second-order valence-electron chi connectivity index (χ2n) is 3.82. The fraction of sp³-hybridized carbons (Fsp3) is 0.400. The molecule has 1 saturated carbocycles. The standard InChI is InChI=1S/C10H12BClO3/c12-9-5-8(11(13)14)3-4-10(9)15-6-7-1-2-7/h3-5,7,13-14H,1-2,6H2. The molecule has 15 heavy (non-hydrogen) atoms. The van der Waals surface area contributed by atoms with E-state index in [0.717, 1.165) is 0 Å². The first-order chi connectivity index (χ1) is 7.16. The average Bonchev–Trinajstić information content (AvgIpc) is 2.99. The maximum absolute atomic E-state index is 8.92. The largest absolute Gasteiger partial charge is 0.492 e. The first-order valence-corrected chi connectivity index (χ1v) is 5.33. The van der Waals surface area contributed by atoms with E-state index in [2.05, 4.69) is 0 Å². The van der Waals surface area contributed by atoms with Gasteiger partial charge in [-0.2, -0.15) is 0 Å². The lowest BCUT2D eigenvalue weighted by Gasteiger charge is -2.08. The van der Waals surface area contributed by atoms with Crippen LogP contribution >= 0.6 is 11.6 Å². The lowest BCUT2D eigenvalue weighted by atomic mass is 9.80. The van der Waals surface area contributed by atoms with Crippen LogP contribution in [0.4, 0.5) is 0 Å². The maximum atomic E-state index is 8.92. The summed E-state index contributed by atoms with van der Waals surface area (Å²) in [6.45, 7) is 0.695. The van der Waals surface area contributed by atoms with Gasteiger partial charge in [0.2, 0.25) is 0 Å². The van der Waals surface area contributed by atoms with Crippen molar-refractivity contribution in [1.82, 2.24) is 0 Å². The van der Waals surface area contributed by atoms with E-state index in [0.29, 0.717) is 28.8 Å².